The van der Waals surface area contributed by atoms with Gasteiger partial charge in [0.2, 0.25) is 0 Å². The number of aliphatic imine (C=N–C) groups is 1. The number of hydrogen-bond donors (Lipinski definition) is 2. The van der Waals surface area contributed by atoms with Crippen LogP contribution >= 0.6 is 0 Å². The molecule has 0 fully saturated rings. The van der Waals surface area contributed by atoms with Crippen molar-refractivity contribution >= 4 is 11.7 Å². The summed E-state index contributed by atoms with van der Waals surface area (Å²) in [5.41, 5.74) is 0.505. The molecule has 1 aliphatic heterocycles. The number of cyclic esters (lactones) is 1. The molecule has 0 spiro atoms. The lowest BCUT2D eigenvalue weighted by Crippen LogP contribution is -2.45. The molecule has 0 saturated carbocycles. The van der Waals surface area contributed by atoms with E-state index in [0.29, 0.717) is 47.6 Å². The van der Waals surface area contributed by atoms with E-state index < -0.39 is 11.6 Å². The molecule has 2 heterocycles. The van der Waals surface area contributed by atoms with Gasteiger partial charge in [0, 0.05) is 24.7 Å². The molecule has 1 aromatic rings. The van der Waals surface area contributed by atoms with E-state index in [0.717, 1.165) is 5.70 Å². The highest BCUT2D eigenvalue weighted by molar-refractivity contribution is 6.00. The number of aliphatic hydroxyl groups excluding tert-OH is 1. The average molecular weight is 372 g/mol. The van der Waals surface area contributed by atoms with Crippen molar-refractivity contribution in [3.8, 4) is 0 Å². The lowest BCUT2D eigenvalue weighted by molar-refractivity contribution is -0.172. The molecule has 144 valence electrons. The number of carbonyl (C=O) groups is 1. The van der Waals surface area contributed by atoms with Crippen LogP contribution in [0.4, 0.5) is 0 Å². The maximum atomic E-state index is 12.8. The molecule has 0 bridgehead atoms. The molecule has 0 amide bonds. The fourth-order valence-corrected chi connectivity index (χ4v) is 3.43. The molecule has 7 heteroatoms. The Balaban J connectivity index is 2.18. The van der Waals surface area contributed by atoms with E-state index >= 15 is 0 Å². The number of ether oxygens (including phenoxy) is 1. The number of hydrogen-bond acceptors (Lipinski definition) is 6. The van der Waals surface area contributed by atoms with Gasteiger partial charge in [-0.3, -0.25) is 9.79 Å². The van der Waals surface area contributed by atoms with Gasteiger partial charge in [-0.25, -0.2) is 4.79 Å². The number of rotatable bonds is 4. The van der Waals surface area contributed by atoms with Crippen LogP contribution in [0.15, 0.2) is 39.5 Å². The second-order valence-electron chi connectivity index (χ2n) is 6.80. The van der Waals surface area contributed by atoms with Gasteiger partial charge in [-0.15, -0.1) is 0 Å². The van der Waals surface area contributed by atoms with Crippen LogP contribution < -0.4 is 5.56 Å². The Labute approximate surface area is 157 Å². The maximum absolute atomic E-state index is 12.8. The third-order valence-corrected chi connectivity index (χ3v) is 5.19. The minimum Gasteiger partial charge on any atom is -0.512 e. The predicted octanol–water partition coefficient (Wildman–Crippen LogP) is 2.36. The molecule has 1 atom stereocenters. The smallest absolute Gasteiger partial charge is 0.343 e. The molecule has 2 N–H and O–H groups in total. The molecular weight excluding hydrogens is 348 g/mol. The van der Waals surface area contributed by atoms with Crippen LogP contribution in [0.5, 0.6) is 0 Å². The standard InChI is InChI=1S/C20H24N2O5/c1-4-16(21-12-6-8-13(23)9-7-12)17-10-15-14(18(24)22(17)3)11-27-19(25)20(15,26)5-2/h6,8,10,23,26H,4-5,7,9,11H2,1-3H3/b21-16+/t20-/m0/s1. The van der Waals surface area contributed by atoms with E-state index in [2.05, 4.69) is 4.99 Å². The minimum absolute atomic E-state index is 0.110. The highest BCUT2D eigenvalue weighted by atomic mass is 16.6. The van der Waals surface area contributed by atoms with E-state index in [9.17, 15) is 19.8 Å². The summed E-state index contributed by atoms with van der Waals surface area (Å²) in [4.78, 5) is 29.7. The number of aromatic nitrogens is 1. The number of carbonyl (C=O) groups excluding carboxylic acids is 1. The number of allylic oxidation sites excluding steroid dienone is 4. The molecule has 0 radical (unpaired) electrons. The Morgan fingerprint density at radius 2 is 2.04 bits per heavy atom. The lowest BCUT2D eigenvalue weighted by atomic mass is 9.85. The number of fused-ring (bicyclic) bond motifs is 1. The normalized spacial score (nSPS) is 22.7. The van der Waals surface area contributed by atoms with Crippen LogP contribution in [0.3, 0.4) is 0 Å². The topological polar surface area (TPSA) is 101 Å². The highest BCUT2D eigenvalue weighted by Gasteiger charge is 2.44. The third-order valence-electron chi connectivity index (χ3n) is 5.19. The maximum Gasteiger partial charge on any atom is 0.343 e. The van der Waals surface area contributed by atoms with Gasteiger partial charge >= 0.3 is 5.97 Å². The summed E-state index contributed by atoms with van der Waals surface area (Å²) in [7, 11) is 1.64. The van der Waals surface area contributed by atoms with Crippen molar-refractivity contribution in [3.05, 3.63) is 56.8 Å². The van der Waals surface area contributed by atoms with Crippen molar-refractivity contribution in [1.29, 1.82) is 0 Å². The first-order valence-electron chi connectivity index (χ1n) is 9.11. The largest absolute Gasteiger partial charge is 0.512 e. The number of pyridine rings is 1. The molecule has 0 aromatic carbocycles. The number of esters is 1. The molecule has 2 aliphatic rings. The predicted molar refractivity (Wildman–Crippen MR) is 101 cm³/mol. The van der Waals surface area contributed by atoms with Crippen LogP contribution in [-0.4, -0.2) is 26.5 Å². The van der Waals surface area contributed by atoms with Crippen LogP contribution in [0.2, 0.25) is 0 Å². The molecule has 27 heavy (non-hydrogen) atoms. The van der Waals surface area contributed by atoms with Gasteiger partial charge in [0.05, 0.1) is 22.7 Å². The van der Waals surface area contributed by atoms with Gasteiger partial charge < -0.3 is 19.5 Å². The SMILES string of the molecule is CC/C(=N\C1=CC=C(O)CC1)c1cc2c(c(=O)n1C)COC(=O)[C@]2(O)CC. The van der Waals surface area contributed by atoms with Gasteiger partial charge in [-0.1, -0.05) is 13.8 Å². The first kappa shape index (κ1) is 19.1. The van der Waals surface area contributed by atoms with E-state index in [-0.39, 0.29) is 18.6 Å². The number of aliphatic hydroxyl groups is 2. The van der Waals surface area contributed by atoms with Crippen molar-refractivity contribution in [2.45, 2.75) is 51.7 Å². The van der Waals surface area contributed by atoms with Crippen molar-refractivity contribution < 1.29 is 19.7 Å². The van der Waals surface area contributed by atoms with Crippen LogP contribution in [0, 0.1) is 0 Å². The molecule has 0 unspecified atom stereocenters. The average Bonchev–Trinajstić information content (AvgIpc) is 2.67. The Hall–Kier alpha value is -2.67. The summed E-state index contributed by atoms with van der Waals surface area (Å²) in [5.74, 6) is -0.415. The van der Waals surface area contributed by atoms with E-state index in [1.54, 1.807) is 32.2 Å². The van der Waals surface area contributed by atoms with Crippen molar-refractivity contribution in [1.82, 2.24) is 4.57 Å². The molecule has 0 saturated heterocycles. The number of nitrogens with zero attached hydrogens (tertiary/aromatic N) is 2. The monoisotopic (exact) mass is 372 g/mol. The second kappa shape index (κ2) is 7.15. The molecular formula is C20H24N2O5. The second-order valence-corrected chi connectivity index (χ2v) is 6.80. The molecule has 7 nitrogen and oxygen atoms in total. The van der Waals surface area contributed by atoms with Crippen molar-refractivity contribution in [3.63, 3.8) is 0 Å². The fourth-order valence-electron chi connectivity index (χ4n) is 3.43. The van der Waals surface area contributed by atoms with Crippen LogP contribution in [0.1, 0.15) is 56.4 Å². The zero-order valence-corrected chi connectivity index (χ0v) is 15.8. The van der Waals surface area contributed by atoms with Gasteiger partial charge in [0.15, 0.2) is 5.60 Å². The van der Waals surface area contributed by atoms with E-state index in [1.807, 2.05) is 6.92 Å². The van der Waals surface area contributed by atoms with Gasteiger partial charge in [0.1, 0.15) is 6.61 Å². The van der Waals surface area contributed by atoms with Gasteiger partial charge in [-0.2, -0.15) is 0 Å². The fraction of sp³-hybridized carbons (Fsp3) is 0.450. The Morgan fingerprint density at radius 3 is 2.63 bits per heavy atom. The summed E-state index contributed by atoms with van der Waals surface area (Å²) in [5, 5.41) is 20.3. The summed E-state index contributed by atoms with van der Waals surface area (Å²) in [6.45, 7) is 3.46. The molecule has 1 aliphatic carbocycles. The Bertz CT molecular complexity index is 938. The summed E-state index contributed by atoms with van der Waals surface area (Å²) >= 11 is 0. The van der Waals surface area contributed by atoms with Crippen LogP contribution in [-0.2, 0) is 28.8 Å². The zero-order valence-electron chi connectivity index (χ0n) is 15.8. The molecule has 3 rings (SSSR count). The van der Waals surface area contributed by atoms with Crippen molar-refractivity contribution in [2.24, 2.45) is 12.0 Å². The Morgan fingerprint density at radius 1 is 1.30 bits per heavy atom. The van der Waals surface area contributed by atoms with E-state index in [1.165, 1.54) is 4.57 Å². The molecule has 1 aromatic heterocycles. The van der Waals surface area contributed by atoms with Gasteiger partial charge in [-0.05, 0) is 37.5 Å². The highest BCUT2D eigenvalue weighted by Crippen LogP contribution is 2.33. The first-order chi connectivity index (χ1) is 12.8. The summed E-state index contributed by atoms with van der Waals surface area (Å²) < 4.78 is 6.51. The summed E-state index contributed by atoms with van der Waals surface area (Å²) in [6, 6.07) is 1.68. The van der Waals surface area contributed by atoms with Gasteiger partial charge in [0.25, 0.3) is 5.56 Å². The first-order valence-corrected chi connectivity index (χ1v) is 9.11. The summed E-state index contributed by atoms with van der Waals surface area (Å²) in [6.07, 6.45) is 5.18. The minimum atomic E-state index is -1.83. The lowest BCUT2D eigenvalue weighted by Gasteiger charge is -2.32. The Kier molecular flexibility index (Phi) is 5.06. The van der Waals surface area contributed by atoms with Crippen LogP contribution in [0.25, 0.3) is 0 Å². The third kappa shape index (κ3) is 3.23. The van der Waals surface area contributed by atoms with Crippen molar-refractivity contribution in [2.75, 3.05) is 0 Å². The quantitative estimate of drug-likeness (QED) is 0.624. The zero-order chi connectivity index (χ0) is 19.8. The van der Waals surface area contributed by atoms with E-state index in [4.69, 9.17) is 4.74 Å².